The van der Waals surface area contributed by atoms with E-state index in [0.29, 0.717) is 15.8 Å². The molecule has 4 aromatic rings. The van der Waals surface area contributed by atoms with Crippen LogP contribution in [0.5, 0.6) is 5.75 Å². The Morgan fingerprint density at radius 1 is 1.08 bits per heavy atom. The van der Waals surface area contributed by atoms with Crippen LogP contribution >= 0.6 is 23.8 Å². The fraction of sp³-hybridized carbons (Fsp3) is 0.148. The van der Waals surface area contributed by atoms with Crippen LogP contribution < -0.4 is 10.2 Å². The summed E-state index contributed by atoms with van der Waals surface area (Å²) in [5.41, 5.74) is 5.30. The number of phenolic OH excluding ortho intramolecular Hbond substituents is 1. The Labute approximate surface area is 218 Å². The first-order valence-corrected chi connectivity index (χ1v) is 12.1. The largest absolute Gasteiger partial charge is 0.506 e. The van der Waals surface area contributed by atoms with Gasteiger partial charge in [0.25, 0.3) is 0 Å². The second-order valence-corrected chi connectivity index (χ2v) is 9.47. The minimum Gasteiger partial charge on any atom is -0.506 e. The predicted molar refractivity (Wildman–Crippen MR) is 143 cm³/mol. The highest BCUT2D eigenvalue weighted by molar-refractivity contribution is 7.80. The van der Waals surface area contributed by atoms with Gasteiger partial charge < -0.3 is 25.0 Å². The molecule has 9 heteroatoms. The third kappa shape index (κ3) is 4.08. The number of nitrogens with zero attached hydrogens (tertiary/aromatic N) is 3. The molecule has 2 aromatic heterocycles. The summed E-state index contributed by atoms with van der Waals surface area (Å²) in [7, 11) is 0. The topological polar surface area (TPSA) is 90.6 Å². The normalized spacial score (nSPS) is 17.3. The van der Waals surface area contributed by atoms with E-state index in [1.165, 1.54) is 0 Å². The van der Waals surface area contributed by atoms with Gasteiger partial charge in [-0.2, -0.15) is 0 Å². The van der Waals surface area contributed by atoms with Crippen LogP contribution in [0.4, 0.5) is 5.69 Å². The van der Waals surface area contributed by atoms with E-state index in [1.54, 1.807) is 48.7 Å². The van der Waals surface area contributed by atoms with Crippen molar-refractivity contribution in [2.45, 2.75) is 25.9 Å². The number of nitrogens with one attached hydrogen (secondary N) is 1. The summed E-state index contributed by atoms with van der Waals surface area (Å²) in [5.74, 6) is -0.905. The zero-order valence-electron chi connectivity index (χ0n) is 19.5. The van der Waals surface area contributed by atoms with Crippen LogP contribution in [-0.2, 0) is 0 Å². The number of thiocarbonyl (C=S) groups is 1. The number of carboxylic acids is 1. The summed E-state index contributed by atoms with van der Waals surface area (Å²) >= 11 is 12.1. The molecule has 36 heavy (non-hydrogen) atoms. The number of pyridine rings is 1. The van der Waals surface area contributed by atoms with Crippen molar-refractivity contribution >= 4 is 40.6 Å². The predicted octanol–water partition coefficient (Wildman–Crippen LogP) is 5.72. The van der Waals surface area contributed by atoms with Crippen molar-refractivity contribution in [3.05, 3.63) is 106 Å². The van der Waals surface area contributed by atoms with Crippen LogP contribution in [-0.4, -0.2) is 30.8 Å². The molecule has 1 fully saturated rings. The van der Waals surface area contributed by atoms with E-state index < -0.39 is 5.97 Å². The maximum Gasteiger partial charge on any atom is 0.335 e. The molecular formula is C27H23ClN4O3S. The summed E-state index contributed by atoms with van der Waals surface area (Å²) in [6.45, 7) is 4.01. The Kier molecular flexibility index (Phi) is 6.15. The Hall–Kier alpha value is -3.88. The Morgan fingerprint density at radius 3 is 2.50 bits per heavy atom. The molecule has 7 nitrogen and oxygen atoms in total. The fourth-order valence-corrected chi connectivity index (χ4v) is 5.36. The monoisotopic (exact) mass is 518 g/mol. The van der Waals surface area contributed by atoms with Crippen LogP contribution in [0.1, 0.15) is 45.1 Å². The molecule has 1 saturated heterocycles. The van der Waals surface area contributed by atoms with Gasteiger partial charge in [-0.15, -0.1) is 0 Å². The van der Waals surface area contributed by atoms with Gasteiger partial charge in [-0.1, -0.05) is 17.7 Å². The van der Waals surface area contributed by atoms with Crippen molar-refractivity contribution in [1.82, 2.24) is 14.9 Å². The van der Waals surface area contributed by atoms with Crippen LogP contribution in [0.15, 0.2) is 72.9 Å². The van der Waals surface area contributed by atoms with Gasteiger partial charge >= 0.3 is 5.97 Å². The van der Waals surface area contributed by atoms with E-state index in [-0.39, 0.29) is 23.4 Å². The molecule has 5 rings (SSSR count). The van der Waals surface area contributed by atoms with E-state index >= 15 is 0 Å². The van der Waals surface area contributed by atoms with Gasteiger partial charge in [-0.3, -0.25) is 4.98 Å². The SMILES string of the molecule is Cc1cc([C@@H]2[C@@H](c3ccccn3)NC(=S)N2c2cc(Cl)ccc2O)c(C)n1-c1ccc(C(=O)O)cc1. The molecule has 2 aromatic carbocycles. The van der Waals surface area contributed by atoms with Gasteiger partial charge in [0.1, 0.15) is 5.75 Å². The van der Waals surface area contributed by atoms with Crippen molar-refractivity contribution in [2.75, 3.05) is 4.90 Å². The third-order valence-electron chi connectivity index (χ3n) is 6.46. The number of benzene rings is 2. The van der Waals surface area contributed by atoms with Crippen LogP contribution in [0.3, 0.4) is 0 Å². The molecule has 1 aliphatic rings. The second kappa shape index (κ2) is 9.29. The van der Waals surface area contributed by atoms with E-state index in [9.17, 15) is 15.0 Å². The van der Waals surface area contributed by atoms with Crippen LogP contribution in [0.2, 0.25) is 5.02 Å². The fourth-order valence-electron chi connectivity index (χ4n) is 4.86. The molecule has 1 aliphatic heterocycles. The highest BCUT2D eigenvalue weighted by Gasteiger charge is 2.43. The van der Waals surface area contributed by atoms with Crippen molar-refractivity contribution in [2.24, 2.45) is 0 Å². The molecule has 3 heterocycles. The third-order valence-corrected chi connectivity index (χ3v) is 7.01. The first-order valence-electron chi connectivity index (χ1n) is 11.3. The van der Waals surface area contributed by atoms with Gasteiger partial charge in [-0.25, -0.2) is 4.79 Å². The summed E-state index contributed by atoms with van der Waals surface area (Å²) in [4.78, 5) is 17.8. The van der Waals surface area contributed by atoms with E-state index in [4.69, 9.17) is 23.8 Å². The number of rotatable bonds is 5. The first kappa shape index (κ1) is 23.8. The number of aromatic hydroxyl groups is 1. The standard InChI is InChI=1S/C27H23ClN4O3S/c1-15-13-20(16(2)31(15)19-9-6-17(7-10-19)26(34)35)25-24(21-5-3-4-12-29-21)30-27(36)32(25)22-14-18(28)8-11-23(22)33/h3-14,24-25,33H,1-2H3,(H,30,36)(H,34,35)/t24-,25-/m1/s1. The number of hydrogen-bond acceptors (Lipinski definition) is 4. The lowest BCUT2D eigenvalue weighted by atomic mass is 9.96. The average molecular weight is 519 g/mol. The Balaban J connectivity index is 1.68. The minimum atomic E-state index is -0.969. The highest BCUT2D eigenvalue weighted by atomic mass is 35.5. The number of hydrogen-bond donors (Lipinski definition) is 3. The maximum atomic E-state index is 11.3. The van der Waals surface area contributed by atoms with Crippen molar-refractivity contribution < 1.29 is 15.0 Å². The molecule has 0 unspecified atom stereocenters. The molecule has 2 atom stereocenters. The second-order valence-electron chi connectivity index (χ2n) is 8.64. The van der Waals surface area contributed by atoms with Crippen molar-refractivity contribution in [1.29, 1.82) is 0 Å². The van der Waals surface area contributed by atoms with Gasteiger partial charge in [0, 0.05) is 28.3 Å². The molecule has 0 amide bonds. The van der Waals surface area contributed by atoms with E-state index in [2.05, 4.69) is 20.9 Å². The van der Waals surface area contributed by atoms with Gasteiger partial charge in [-0.05, 0) is 92.3 Å². The lowest BCUT2D eigenvalue weighted by molar-refractivity contribution is 0.0697. The summed E-state index contributed by atoms with van der Waals surface area (Å²) in [5, 5.41) is 24.4. The molecule has 182 valence electrons. The Bertz CT molecular complexity index is 1470. The zero-order chi connectivity index (χ0) is 25.6. The molecule has 0 radical (unpaired) electrons. The van der Waals surface area contributed by atoms with Gasteiger partial charge in [0.05, 0.1) is 29.0 Å². The molecule has 0 aliphatic carbocycles. The lowest BCUT2D eigenvalue weighted by Gasteiger charge is -2.28. The number of carbonyl (C=O) groups is 1. The summed E-state index contributed by atoms with van der Waals surface area (Å²) in [6, 6.07) is 18.8. The lowest BCUT2D eigenvalue weighted by Crippen LogP contribution is -2.29. The minimum absolute atomic E-state index is 0.0632. The van der Waals surface area contributed by atoms with Crippen molar-refractivity contribution in [3.8, 4) is 11.4 Å². The molecule has 0 spiro atoms. The first-order chi connectivity index (χ1) is 17.3. The van der Waals surface area contributed by atoms with E-state index in [1.807, 2.05) is 36.9 Å². The quantitative estimate of drug-likeness (QED) is 0.291. The number of aromatic carboxylic acids is 1. The molecule has 0 saturated carbocycles. The van der Waals surface area contributed by atoms with E-state index in [0.717, 1.165) is 28.3 Å². The summed E-state index contributed by atoms with van der Waals surface area (Å²) in [6.07, 6.45) is 1.74. The molecule has 0 bridgehead atoms. The van der Waals surface area contributed by atoms with Gasteiger partial charge in [0.2, 0.25) is 0 Å². The van der Waals surface area contributed by atoms with Gasteiger partial charge in [0.15, 0.2) is 5.11 Å². The molecule has 3 N–H and O–H groups in total. The van der Waals surface area contributed by atoms with Crippen molar-refractivity contribution in [3.63, 3.8) is 0 Å². The number of phenols is 1. The smallest absolute Gasteiger partial charge is 0.335 e. The number of anilines is 1. The number of carboxylic acid groups (broad SMARTS) is 1. The average Bonchev–Trinajstić information content (AvgIpc) is 3.36. The van der Waals surface area contributed by atoms with Crippen LogP contribution in [0, 0.1) is 13.8 Å². The number of aryl methyl sites for hydroxylation is 1. The zero-order valence-corrected chi connectivity index (χ0v) is 21.1. The number of aromatic nitrogens is 2. The number of halogens is 1. The maximum absolute atomic E-state index is 11.3. The Morgan fingerprint density at radius 2 is 1.83 bits per heavy atom. The molecular weight excluding hydrogens is 496 g/mol. The summed E-state index contributed by atoms with van der Waals surface area (Å²) < 4.78 is 2.08. The van der Waals surface area contributed by atoms with Crippen LogP contribution in [0.25, 0.3) is 5.69 Å². The highest BCUT2D eigenvalue weighted by Crippen LogP contribution is 2.46.